The Hall–Kier alpha value is -1.50. The van der Waals surface area contributed by atoms with Crippen LogP contribution < -0.4 is 0 Å². The van der Waals surface area contributed by atoms with Crippen LogP contribution in [0.5, 0.6) is 0 Å². The van der Waals surface area contributed by atoms with E-state index in [-0.39, 0.29) is 12.5 Å². The van der Waals surface area contributed by atoms with Gasteiger partial charge in [0, 0.05) is 6.92 Å². The second-order valence-corrected chi connectivity index (χ2v) is 1.81. The van der Waals surface area contributed by atoms with E-state index in [2.05, 4.69) is 6.58 Å². The first-order chi connectivity index (χ1) is 5.22. The molecule has 0 aliphatic heterocycles. The second-order valence-electron chi connectivity index (χ2n) is 1.81. The molecule has 0 spiro atoms. The summed E-state index contributed by atoms with van der Waals surface area (Å²) in [7, 11) is 0. The first-order valence-corrected chi connectivity index (χ1v) is 3.12. The third kappa shape index (κ3) is 3.98. The Bertz CT molecular complexity index is 183. The summed E-state index contributed by atoms with van der Waals surface area (Å²) in [6.07, 6.45) is 3.00. The van der Waals surface area contributed by atoms with Crippen molar-refractivity contribution in [2.45, 2.75) is 6.92 Å². The van der Waals surface area contributed by atoms with Crippen molar-refractivity contribution >= 4 is 5.91 Å². The molecule has 0 N–H and O–H groups in total. The Morgan fingerprint density at radius 3 is 2.91 bits per heavy atom. The van der Waals surface area contributed by atoms with Gasteiger partial charge in [-0.15, -0.1) is 0 Å². The summed E-state index contributed by atoms with van der Waals surface area (Å²) in [6, 6.07) is 0. The number of nitrogens with zero attached hydrogens (tertiary/aromatic N) is 2. The summed E-state index contributed by atoms with van der Waals surface area (Å²) in [5, 5.41) is 8.37. The summed E-state index contributed by atoms with van der Waals surface area (Å²) in [4.78, 5) is 11.6. The Labute approximate surface area is 65.7 Å². The molecule has 0 saturated heterocycles. The van der Waals surface area contributed by atoms with Gasteiger partial charge < -0.3 is 4.74 Å². The molecule has 11 heavy (non-hydrogen) atoms. The predicted octanol–water partition coefficient (Wildman–Crippen LogP) is 0.476. The number of nitriles is 1. The summed E-state index contributed by atoms with van der Waals surface area (Å²) in [5.41, 5.74) is 0. The van der Waals surface area contributed by atoms with Crippen LogP contribution in [0.3, 0.4) is 0 Å². The van der Waals surface area contributed by atoms with E-state index in [1.165, 1.54) is 13.2 Å². The Balaban J connectivity index is 3.63. The number of carbonyl (C=O) groups excluding carboxylic acids is 1. The van der Waals surface area contributed by atoms with Crippen LogP contribution >= 0.6 is 0 Å². The number of ether oxygens (including phenoxy) is 1. The van der Waals surface area contributed by atoms with Crippen LogP contribution in [-0.4, -0.2) is 24.0 Å². The number of hydrogen-bond acceptors (Lipinski definition) is 3. The zero-order chi connectivity index (χ0) is 8.69. The van der Waals surface area contributed by atoms with Crippen molar-refractivity contribution in [3.8, 4) is 6.19 Å². The number of carbonyl (C=O) groups is 1. The van der Waals surface area contributed by atoms with Crippen LogP contribution in [0, 0.1) is 11.5 Å². The van der Waals surface area contributed by atoms with Crippen LogP contribution in [0.25, 0.3) is 0 Å². The fourth-order valence-corrected chi connectivity index (χ4v) is 0.505. The molecule has 0 aliphatic rings. The lowest BCUT2D eigenvalue weighted by Crippen LogP contribution is -2.26. The van der Waals surface area contributed by atoms with Crippen LogP contribution in [-0.2, 0) is 9.53 Å². The summed E-state index contributed by atoms with van der Waals surface area (Å²) in [6.45, 7) is 5.23. The highest BCUT2D eigenvalue weighted by Crippen LogP contribution is 1.86. The molecule has 0 rings (SSSR count). The highest BCUT2D eigenvalue weighted by Gasteiger charge is 2.05. The van der Waals surface area contributed by atoms with Gasteiger partial charge in [-0.05, 0) is 0 Å². The molecule has 0 aromatic carbocycles. The van der Waals surface area contributed by atoms with Crippen molar-refractivity contribution in [1.82, 2.24) is 4.90 Å². The average Bonchev–Trinajstić information content (AvgIpc) is 1.97. The van der Waals surface area contributed by atoms with E-state index in [4.69, 9.17) is 10.00 Å². The third-order valence-corrected chi connectivity index (χ3v) is 1.05. The number of amides is 1. The maximum atomic E-state index is 10.6. The first kappa shape index (κ1) is 9.50. The molecule has 4 heteroatoms. The van der Waals surface area contributed by atoms with Crippen LogP contribution in [0.4, 0.5) is 0 Å². The standard InChI is InChI=1S/C7H10N2O2/c1-3-11-5-4-9(6-8)7(2)10/h3H,1,4-5H2,2H3. The molecular weight excluding hydrogens is 144 g/mol. The van der Waals surface area contributed by atoms with Crippen molar-refractivity contribution in [1.29, 1.82) is 5.26 Å². The second kappa shape index (κ2) is 5.30. The molecule has 0 bridgehead atoms. The minimum atomic E-state index is -0.278. The predicted molar refractivity (Wildman–Crippen MR) is 39.1 cm³/mol. The molecule has 0 fully saturated rings. The molecule has 0 aromatic heterocycles. The van der Waals surface area contributed by atoms with Gasteiger partial charge in [-0.25, -0.2) is 4.90 Å². The van der Waals surface area contributed by atoms with Crippen molar-refractivity contribution in [3.63, 3.8) is 0 Å². The minimum absolute atomic E-state index is 0.276. The van der Waals surface area contributed by atoms with E-state index in [0.717, 1.165) is 4.90 Å². The average molecular weight is 154 g/mol. The van der Waals surface area contributed by atoms with Crippen LogP contribution in [0.15, 0.2) is 12.8 Å². The van der Waals surface area contributed by atoms with Crippen molar-refractivity contribution in [2.24, 2.45) is 0 Å². The molecule has 1 amide bonds. The third-order valence-electron chi connectivity index (χ3n) is 1.05. The van der Waals surface area contributed by atoms with Gasteiger partial charge >= 0.3 is 0 Å². The summed E-state index contributed by atoms with van der Waals surface area (Å²) < 4.78 is 4.73. The molecule has 0 radical (unpaired) electrons. The summed E-state index contributed by atoms with van der Waals surface area (Å²) in [5.74, 6) is -0.278. The van der Waals surface area contributed by atoms with Crippen LogP contribution in [0.2, 0.25) is 0 Å². The lowest BCUT2D eigenvalue weighted by atomic mass is 10.5. The monoisotopic (exact) mass is 154 g/mol. The molecule has 4 nitrogen and oxygen atoms in total. The zero-order valence-electron chi connectivity index (χ0n) is 6.41. The van der Waals surface area contributed by atoms with Crippen LogP contribution in [0.1, 0.15) is 6.92 Å². The van der Waals surface area contributed by atoms with Gasteiger partial charge in [0.2, 0.25) is 5.91 Å². The Morgan fingerprint density at radius 2 is 2.55 bits per heavy atom. The Morgan fingerprint density at radius 1 is 1.91 bits per heavy atom. The smallest absolute Gasteiger partial charge is 0.232 e. The molecule has 0 aliphatic carbocycles. The number of rotatable bonds is 4. The topological polar surface area (TPSA) is 53.3 Å². The first-order valence-electron chi connectivity index (χ1n) is 3.12. The fourth-order valence-electron chi connectivity index (χ4n) is 0.505. The molecule has 0 unspecified atom stereocenters. The normalized spacial score (nSPS) is 8.00. The minimum Gasteiger partial charge on any atom is -0.500 e. The van der Waals surface area contributed by atoms with E-state index in [1.54, 1.807) is 6.19 Å². The highest BCUT2D eigenvalue weighted by atomic mass is 16.5. The highest BCUT2D eigenvalue weighted by molar-refractivity contribution is 5.74. The molecule has 0 saturated carbocycles. The van der Waals surface area contributed by atoms with Crippen molar-refractivity contribution in [2.75, 3.05) is 13.2 Å². The molecule has 0 aromatic rings. The lowest BCUT2D eigenvalue weighted by Gasteiger charge is -2.09. The van der Waals surface area contributed by atoms with Gasteiger partial charge in [0.15, 0.2) is 6.19 Å². The SMILES string of the molecule is C=COCCN(C#N)C(C)=O. The largest absolute Gasteiger partial charge is 0.500 e. The van der Waals surface area contributed by atoms with Gasteiger partial charge in [0.25, 0.3) is 0 Å². The van der Waals surface area contributed by atoms with E-state index in [0.29, 0.717) is 6.61 Å². The van der Waals surface area contributed by atoms with E-state index in [9.17, 15) is 4.79 Å². The maximum absolute atomic E-state index is 10.6. The lowest BCUT2D eigenvalue weighted by molar-refractivity contribution is -0.126. The van der Waals surface area contributed by atoms with Crippen molar-refractivity contribution < 1.29 is 9.53 Å². The van der Waals surface area contributed by atoms with Gasteiger partial charge in [0.05, 0.1) is 12.8 Å². The van der Waals surface area contributed by atoms with Gasteiger partial charge in [-0.2, -0.15) is 5.26 Å². The van der Waals surface area contributed by atoms with E-state index in [1.807, 2.05) is 0 Å². The Kier molecular flexibility index (Phi) is 4.58. The van der Waals surface area contributed by atoms with Gasteiger partial charge in [-0.3, -0.25) is 4.79 Å². The fraction of sp³-hybridized carbons (Fsp3) is 0.429. The summed E-state index contributed by atoms with van der Waals surface area (Å²) >= 11 is 0. The molecule has 0 heterocycles. The quantitative estimate of drug-likeness (QED) is 0.256. The number of hydrogen-bond donors (Lipinski definition) is 0. The van der Waals surface area contributed by atoms with E-state index < -0.39 is 0 Å². The van der Waals surface area contributed by atoms with Crippen molar-refractivity contribution in [3.05, 3.63) is 12.8 Å². The van der Waals surface area contributed by atoms with Gasteiger partial charge in [-0.1, -0.05) is 6.58 Å². The molecular formula is C7H10N2O2. The van der Waals surface area contributed by atoms with Gasteiger partial charge in [0.1, 0.15) is 6.61 Å². The molecule has 0 atom stereocenters. The zero-order valence-corrected chi connectivity index (χ0v) is 6.41. The maximum Gasteiger partial charge on any atom is 0.232 e. The van der Waals surface area contributed by atoms with E-state index >= 15 is 0 Å². The molecule has 60 valence electrons.